The summed E-state index contributed by atoms with van der Waals surface area (Å²) in [5.41, 5.74) is 0.684. The van der Waals surface area contributed by atoms with Crippen LogP contribution < -0.4 is 5.32 Å². The third kappa shape index (κ3) is 3.71. The van der Waals surface area contributed by atoms with E-state index < -0.39 is 17.5 Å². The van der Waals surface area contributed by atoms with Crippen molar-refractivity contribution in [2.45, 2.75) is 27.2 Å². The molecule has 0 aliphatic carbocycles. The van der Waals surface area contributed by atoms with Crippen LogP contribution in [0.5, 0.6) is 0 Å². The number of rotatable bonds is 3. The Morgan fingerprint density at radius 2 is 1.85 bits per heavy atom. The zero-order valence-electron chi connectivity index (χ0n) is 14.6. The molecule has 3 aromatic rings. The highest BCUT2D eigenvalue weighted by molar-refractivity contribution is 5.94. The molecular weight excluding hydrogens is 343 g/mol. The fourth-order valence-corrected chi connectivity index (χ4v) is 2.68. The van der Waals surface area contributed by atoms with Crippen molar-refractivity contribution >= 4 is 17.4 Å². The number of nitrogens with zero attached hydrogens (tertiary/aromatic N) is 2. The summed E-state index contributed by atoms with van der Waals surface area (Å²) in [6.45, 7) is 5.76. The number of carbonyl (C=O) groups is 1. The van der Waals surface area contributed by atoms with E-state index in [9.17, 15) is 18.0 Å². The molecule has 0 bridgehead atoms. The zero-order valence-corrected chi connectivity index (χ0v) is 14.6. The molecule has 2 heterocycles. The van der Waals surface area contributed by atoms with Crippen molar-refractivity contribution in [2.75, 3.05) is 5.32 Å². The van der Waals surface area contributed by atoms with Crippen LogP contribution in [0.4, 0.5) is 19.0 Å². The van der Waals surface area contributed by atoms with Crippen LogP contribution in [0.1, 0.15) is 27.2 Å². The second-order valence-electron chi connectivity index (χ2n) is 7.30. The van der Waals surface area contributed by atoms with Gasteiger partial charge in [-0.15, -0.1) is 0 Å². The highest BCUT2D eigenvalue weighted by atomic mass is 19.2. The first-order chi connectivity index (χ1) is 12.1. The second kappa shape index (κ2) is 6.48. The number of hydrogen-bond donors (Lipinski definition) is 1. The first-order valence-corrected chi connectivity index (χ1v) is 8.07. The maximum absolute atomic E-state index is 13.7. The average molecular weight is 361 g/mol. The summed E-state index contributed by atoms with van der Waals surface area (Å²) < 4.78 is 42.1. The minimum Gasteiger partial charge on any atom is -0.309 e. The number of hydrogen-bond acceptors (Lipinski definition) is 2. The zero-order chi connectivity index (χ0) is 19.1. The van der Waals surface area contributed by atoms with Crippen molar-refractivity contribution in [1.82, 2.24) is 9.38 Å². The minimum atomic E-state index is -1.04. The monoisotopic (exact) mass is 361 g/mol. The third-order valence-corrected chi connectivity index (χ3v) is 3.72. The van der Waals surface area contributed by atoms with Crippen LogP contribution in [0.3, 0.4) is 0 Å². The molecule has 1 aromatic carbocycles. The molecule has 1 amide bonds. The molecule has 0 radical (unpaired) electrons. The fourth-order valence-electron chi connectivity index (χ4n) is 2.68. The van der Waals surface area contributed by atoms with Gasteiger partial charge in [0.05, 0.1) is 5.69 Å². The molecule has 0 aliphatic heterocycles. The molecular formula is C19H18F3N3O. The molecule has 0 saturated heterocycles. The van der Waals surface area contributed by atoms with Crippen molar-refractivity contribution < 1.29 is 18.0 Å². The molecule has 0 unspecified atom stereocenters. The van der Waals surface area contributed by atoms with E-state index in [0.29, 0.717) is 5.65 Å². The highest BCUT2D eigenvalue weighted by Crippen LogP contribution is 2.31. The Morgan fingerprint density at radius 1 is 1.12 bits per heavy atom. The Hall–Kier alpha value is -2.83. The number of fused-ring (bicyclic) bond motifs is 1. The van der Waals surface area contributed by atoms with E-state index >= 15 is 0 Å². The van der Waals surface area contributed by atoms with Crippen LogP contribution in [0.2, 0.25) is 0 Å². The van der Waals surface area contributed by atoms with Crippen LogP contribution in [0, 0.1) is 22.9 Å². The van der Waals surface area contributed by atoms with Gasteiger partial charge in [-0.05, 0) is 35.7 Å². The van der Waals surface area contributed by atoms with Gasteiger partial charge in [-0.25, -0.2) is 18.2 Å². The number of pyridine rings is 1. The van der Waals surface area contributed by atoms with Crippen LogP contribution >= 0.6 is 0 Å². The van der Waals surface area contributed by atoms with Gasteiger partial charge >= 0.3 is 0 Å². The Kier molecular flexibility index (Phi) is 4.48. The number of amides is 1. The van der Waals surface area contributed by atoms with Crippen molar-refractivity contribution in [3.05, 3.63) is 54.0 Å². The fraction of sp³-hybridized carbons (Fsp3) is 0.263. The van der Waals surface area contributed by atoms with Crippen molar-refractivity contribution in [1.29, 1.82) is 0 Å². The van der Waals surface area contributed by atoms with Gasteiger partial charge in [-0.2, -0.15) is 0 Å². The number of imidazole rings is 1. The Labute approximate surface area is 148 Å². The summed E-state index contributed by atoms with van der Waals surface area (Å²) in [6, 6.07) is 6.00. The largest absolute Gasteiger partial charge is 0.309 e. The summed E-state index contributed by atoms with van der Waals surface area (Å²) in [5, 5.41) is 2.70. The van der Waals surface area contributed by atoms with Gasteiger partial charge in [0.1, 0.15) is 11.5 Å². The quantitative estimate of drug-likeness (QED) is 0.729. The summed E-state index contributed by atoms with van der Waals surface area (Å²) in [4.78, 5) is 16.6. The second-order valence-corrected chi connectivity index (χ2v) is 7.30. The smallest absolute Gasteiger partial charge is 0.226 e. The first kappa shape index (κ1) is 18.0. The van der Waals surface area contributed by atoms with Crippen LogP contribution in [-0.4, -0.2) is 15.3 Å². The standard InChI is InChI=1S/C19H18F3N3O/c1-19(2,3)9-16(26)24-18-17(11-4-6-13(21)14(22)8-11)25-10-12(20)5-7-15(25)23-18/h4-8,10H,9H2,1-3H3,(H,24,26). The number of aromatic nitrogens is 2. The molecule has 136 valence electrons. The van der Waals surface area contributed by atoms with Gasteiger partial charge in [-0.1, -0.05) is 20.8 Å². The van der Waals surface area contributed by atoms with E-state index in [0.717, 1.165) is 12.1 Å². The lowest BCUT2D eigenvalue weighted by atomic mass is 9.92. The number of halogens is 3. The van der Waals surface area contributed by atoms with Crippen LogP contribution in [0.25, 0.3) is 16.9 Å². The average Bonchev–Trinajstić information content (AvgIpc) is 2.85. The number of benzene rings is 1. The summed E-state index contributed by atoms with van der Waals surface area (Å²) in [7, 11) is 0. The van der Waals surface area contributed by atoms with E-state index in [-0.39, 0.29) is 34.8 Å². The maximum Gasteiger partial charge on any atom is 0.226 e. The Morgan fingerprint density at radius 3 is 2.50 bits per heavy atom. The van der Waals surface area contributed by atoms with Gasteiger partial charge in [0, 0.05) is 18.2 Å². The van der Waals surface area contributed by atoms with Gasteiger partial charge in [-0.3, -0.25) is 9.20 Å². The molecule has 0 saturated carbocycles. The molecule has 0 aliphatic rings. The number of carbonyl (C=O) groups excluding carboxylic acids is 1. The molecule has 0 fully saturated rings. The number of anilines is 1. The van der Waals surface area contributed by atoms with Gasteiger partial charge < -0.3 is 5.32 Å². The lowest BCUT2D eigenvalue weighted by Crippen LogP contribution is -2.20. The van der Waals surface area contributed by atoms with E-state index in [4.69, 9.17) is 0 Å². The summed E-state index contributed by atoms with van der Waals surface area (Å²) in [5.74, 6) is -2.67. The maximum atomic E-state index is 13.7. The minimum absolute atomic E-state index is 0.163. The van der Waals surface area contributed by atoms with Crippen LogP contribution in [0.15, 0.2) is 36.5 Å². The van der Waals surface area contributed by atoms with E-state index in [1.807, 2.05) is 20.8 Å². The molecule has 3 rings (SSSR count). The highest BCUT2D eigenvalue weighted by Gasteiger charge is 2.21. The number of nitrogens with one attached hydrogen (secondary N) is 1. The van der Waals surface area contributed by atoms with E-state index in [1.54, 1.807) is 0 Å². The lowest BCUT2D eigenvalue weighted by Gasteiger charge is -2.17. The third-order valence-electron chi connectivity index (χ3n) is 3.72. The van der Waals surface area contributed by atoms with Crippen molar-refractivity contribution in [3.8, 4) is 11.3 Å². The molecule has 1 N–H and O–H groups in total. The summed E-state index contributed by atoms with van der Waals surface area (Å²) >= 11 is 0. The topological polar surface area (TPSA) is 46.4 Å². The summed E-state index contributed by atoms with van der Waals surface area (Å²) in [6.07, 6.45) is 1.42. The molecule has 4 nitrogen and oxygen atoms in total. The molecule has 2 aromatic heterocycles. The Bertz CT molecular complexity index is 990. The normalized spacial score (nSPS) is 11.8. The first-order valence-electron chi connectivity index (χ1n) is 8.07. The molecule has 26 heavy (non-hydrogen) atoms. The molecule has 0 spiro atoms. The van der Waals surface area contributed by atoms with Crippen molar-refractivity contribution in [3.63, 3.8) is 0 Å². The van der Waals surface area contributed by atoms with Crippen LogP contribution in [-0.2, 0) is 4.79 Å². The van der Waals surface area contributed by atoms with Gasteiger partial charge in [0.2, 0.25) is 5.91 Å². The van der Waals surface area contributed by atoms with Crippen molar-refractivity contribution in [2.24, 2.45) is 5.41 Å². The van der Waals surface area contributed by atoms with Gasteiger partial charge in [0.25, 0.3) is 0 Å². The Balaban J connectivity index is 2.13. The predicted octanol–water partition coefficient (Wildman–Crippen LogP) is 4.79. The molecule has 0 atom stereocenters. The van der Waals surface area contributed by atoms with E-state index in [2.05, 4.69) is 10.3 Å². The SMILES string of the molecule is CC(C)(C)CC(=O)Nc1nc2ccc(F)cn2c1-c1ccc(F)c(F)c1. The van der Waals surface area contributed by atoms with E-state index in [1.165, 1.54) is 28.8 Å². The predicted molar refractivity (Wildman–Crippen MR) is 93.2 cm³/mol. The van der Waals surface area contributed by atoms with Gasteiger partial charge in [0.15, 0.2) is 17.5 Å². The lowest BCUT2D eigenvalue weighted by molar-refractivity contribution is -0.117. The molecule has 7 heteroatoms.